The van der Waals surface area contributed by atoms with Gasteiger partial charge in [-0.1, -0.05) is 25.1 Å². The van der Waals surface area contributed by atoms with Gasteiger partial charge in [0.05, 0.1) is 9.79 Å². The van der Waals surface area contributed by atoms with Gasteiger partial charge in [-0.3, -0.25) is 9.87 Å². The molecule has 0 bridgehead atoms. The standard InChI is InChI=1S/C19H25N3S.H2O4S/c1-4-7-13-10-17-19(12-15(13)20)23-18-11-14(22(5-2)6-3)8-9-16(18)21-17;1-5(2,3)4/h8-12,21H,4-7,20H2,1-3H3;(H2,1,2,3,4). The topological polar surface area (TPSA) is 123 Å². The molecular formula is C19H27N3O4S2. The zero-order valence-electron chi connectivity index (χ0n) is 16.3. The van der Waals surface area contributed by atoms with Crippen LogP contribution in [0.3, 0.4) is 0 Å². The van der Waals surface area contributed by atoms with E-state index in [1.165, 1.54) is 32.4 Å². The Morgan fingerprint density at radius 1 is 1.11 bits per heavy atom. The normalized spacial score (nSPS) is 12.5. The fourth-order valence-corrected chi connectivity index (χ4v) is 4.23. The molecule has 2 aromatic carbocycles. The minimum absolute atomic E-state index is 0.926. The Morgan fingerprint density at radius 2 is 1.71 bits per heavy atom. The van der Waals surface area contributed by atoms with Crippen LogP contribution in [0.5, 0.6) is 0 Å². The fourth-order valence-electron chi connectivity index (χ4n) is 3.15. The second-order valence-electron chi connectivity index (χ2n) is 6.41. The van der Waals surface area contributed by atoms with E-state index in [0.29, 0.717) is 0 Å². The quantitative estimate of drug-likeness (QED) is 0.326. The van der Waals surface area contributed by atoms with E-state index >= 15 is 0 Å². The number of fused-ring (bicyclic) bond motifs is 2. The summed E-state index contributed by atoms with van der Waals surface area (Å²) >= 11 is 1.84. The molecule has 0 aliphatic carbocycles. The van der Waals surface area contributed by atoms with Gasteiger partial charge in [-0.2, -0.15) is 0 Å². The van der Waals surface area contributed by atoms with E-state index in [1.807, 2.05) is 11.8 Å². The fraction of sp³-hybridized carbons (Fsp3) is 0.368. The highest BCUT2D eigenvalue weighted by Crippen LogP contribution is 2.42. The Hall–Kier alpha value is -1.78. The Bertz CT molecular complexity index is 921. The van der Waals surface area contributed by atoms with E-state index in [-0.39, 0.29) is 0 Å². The summed E-state index contributed by atoms with van der Waals surface area (Å²) in [7, 11) is -4.92. The Kier molecular flexibility index (Phi) is 7.73. The monoisotopic (exact) mass is 425 g/mol. The van der Waals surface area contributed by atoms with Crippen molar-refractivity contribution in [1.82, 2.24) is 0 Å². The van der Waals surface area contributed by atoms with Crippen molar-refractivity contribution in [2.45, 2.75) is 43.4 Å². The number of anilines is 2. The SMILES string of the molecule is CCCc1cc2c(cc1N)Sc1cc(N(CC)CC)ccc1[NH2+]2.O=S(=O)([O-])O. The molecule has 0 fully saturated rings. The van der Waals surface area contributed by atoms with Crippen LogP contribution in [0.4, 0.5) is 22.7 Å². The predicted molar refractivity (Wildman–Crippen MR) is 113 cm³/mol. The molecule has 0 radical (unpaired) electrons. The molecule has 0 saturated carbocycles. The minimum atomic E-state index is -4.92. The van der Waals surface area contributed by atoms with Crippen molar-refractivity contribution in [2.24, 2.45) is 0 Å². The number of aryl methyl sites for hydroxylation is 1. The molecule has 0 spiro atoms. The van der Waals surface area contributed by atoms with Crippen molar-refractivity contribution in [2.75, 3.05) is 23.7 Å². The number of rotatable bonds is 5. The molecule has 1 heterocycles. The Balaban J connectivity index is 0.000000500. The van der Waals surface area contributed by atoms with Gasteiger partial charge in [-0.05, 0) is 44.0 Å². The van der Waals surface area contributed by atoms with Gasteiger partial charge in [0.25, 0.3) is 0 Å². The molecule has 0 amide bonds. The Labute approximate surface area is 170 Å². The molecule has 0 aromatic heterocycles. The highest BCUT2D eigenvalue weighted by Gasteiger charge is 2.22. The molecule has 2 aromatic rings. The van der Waals surface area contributed by atoms with Gasteiger partial charge in [0.2, 0.25) is 10.4 Å². The average Bonchev–Trinajstić information content (AvgIpc) is 2.61. The number of nitrogens with two attached hydrogens (primary N) is 2. The van der Waals surface area contributed by atoms with Crippen molar-refractivity contribution in [3.8, 4) is 0 Å². The van der Waals surface area contributed by atoms with Crippen LogP contribution in [0.15, 0.2) is 40.1 Å². The van der Waals surface area contributed by atoms with Crippen LogP contribution in [0.2, 0.25) is 0 Å². The van der Waals surface area contributed by atoms with Crippen LogP contribution >= 0.6 is 11.8 Å². The molecule has 9 heteroatoms. The summed E-state index contributed by atoms with van der Waals surface area (Å²) in [5, 5.41) is 2.30. The van der Waals surface area contributed by atoms with Gasteiger partial charge >= 0.3 is 0 Å². The lowest BCUT2D eigenvalue weighted by Crippen LogP contribution is -2.72. The molecule has 0 unspecified atom stereocenters. The molecule has 154 valence electrons. The van der Waals surface area contributed by atoms with Gasteiger partial charge in [0.1, 0.15) is 11.4 Å². The molecule has 1 aliphatic heterocycles. The van der Waals surface area contributed by atoms with Gasteiger partial charge in [0, 0.05) is 36.6 Å². The number of nitrogens with zero attached hydrogens (tertiary/aromatic N) is 1. The highest BCUT2D eigenvalue weighted by molar-refractivity contribution is 7.99. The van der Waals surface area contributed by atoms with E-state index in [2.05, 4.69) is 61.3 Å². The van der Waals surface area contributed by atoms with E-state index in [4.69, 9.17) is 23.3 Å². The average molecular weight is 426 g/mol. The van der Waals surface area contributed by atoms with E-state index < -0.39 is 10.4 Å². The van der Waals surface area contributed by atoms with Gasteiger partial charge in [0.15, 0.2) is 0 Å². The Morgan fingerprint density at radius 3 is 2.29 bits per heavy atom. The van der Waals surface area contributed by atoms with Crippen molar-refractivity contribution < 1.29 is 22.8 Å². The summed E-state index contributed by atoms with van der Waals surface area (Å²) in [4.78, 5) is 4.98. The third-order valence-corrected chi connectivity index (χ3v) is 5.59. The number of nitrogen functional groups attached to an aromatic ring is 1. The molecule has 5 N–H and O–H groups in total. The number of benzene rings is 2. The maximum absolute atomic E-state index is 8.63. The van der Waals surface area contributed by atoms with Crippen LogP contribution in [0.1, 0.15) is 32.8 Å². The van der Waals surface area contributed by atoms with Crippen molar-refractivity contribution in [3.05, 3.63) is 35.9 Å². The maximum atomic E-state index is 8.63. The second-order valence-corrected chi connectivity index (χ2v) is 8.35. The summed E-state index contributed by atoms with van der Waals surface area (Å²) in [5.74, 6) is 0. The lowest BCUT2D eigenvalue weighted by molar-refractivity contribution is -0.485. The number of quaternary nitrogens is 1. The van der Waals surface area contributed by atoms with Crippen molar-refractivity contribution >= 4 is 44.9 Å². The largest absolute Gasteiger partial charge is 0.726 e. The maximum Gasteiger partial charge on any atom is 0.215 e. The first kappa shape index (κ1) is 22.5. The summed E-state index contributed by atoms with van der Waals surface area (Å²) in [6.07, 6.45) is 2.17. The lowest BCUT2D eigenvalue weighted by Gasteiger charge is -2.24. The first-order chi connectivity index (χ1) is 13.2. The number of hydrogen-bond donors (Lipinski definition) is 3. The van der Waals surface area contributed by atoms with Gasteiger partial charge < -0.3 is 15.2 Å². The molecule has 3 rings (SSSR count). The zero-order chi connectivity index (χ0) is 20.9. The highest BCUT2D eigenvalue weighted by atomic mass is 32.3. The van der Waals surface area contributed by atoms with E-state index in [9.17, 15) is 0 Å². The lowest BCUT2D eigenvalue weighted by atomic mass is 10.1. The molecule has 7 nitrogen and oxygen atoms in total. The smallest absolute Gasteiger partial charge is 0.215 e. The third kappa shape index (κ3) is 6.11. The molecule has 28 heavy (non-hydrogen) atoms. The van der Waals surface area contributed by atoms with Crippen LogP contribution < -0.4 is 16.0 Å². The summed E-state index contributed by atoms with van der Waals surface area (Å²) < 4.78 is 32.8. The molecular weight excluding hydrogens is 398 g/mol. The van der Waals surface area contributed by atoms with Gasteiger partial charge in [-0.25, -0.2) is 8.42 Å². The summed E-state index contributed by atoms with van der Waals surface area (Å²) in [6, 6.07) is 11.2. The summed E-state index contributed by atoms with van der Waals surface area (Å²) in [6.45, 7) is 8.67. The molecule has 0 saturated heterocycles. The first-order valence-corrected chi connectivity index (χ1v) is 11.4. The molecule has 1 aliphatic rings. The number of hydrogen-bond acceptors (Lipinski definition) is 6. The molecule has 0 atom stereocenters. The van der Waals surface area contributed by atoms with Gasteiger partial charge in [-0.15, -0.1) is 0 Å². The predicted octanol–water partition coefficient (Wildman–Crippen LogP) is 3.06. The van der Waals surface area contributed by atoms with Crippen molar-refractivity contribution in [3.63, 3.8) is 0 Å². The van der Waals surface area contributed by atoms with Crippen LogP contribution in [-0.4, -0.2) is 30.6 Å². The summed E-state index contributed by atoms with van der Waals surface area (Å²) in [5.41, 5.74) is 12.3. The van der Waals surface area contributed by atoms with Crippen LogP contribution in [0.25, 0.3) is 0 Å². The third-order valence-electron chi connectivity index (χ3n) is 4.45. The van der Waals surface area contributed by atoms with E-state index in [0.717, 1.165) is 31.6 Å². The second kappa shape index (κ2) is 9.62. The zero-order valence-corrected chi connectivity index (χ0v) is 17.9. The van der Waals surface area contributed by atoms with Crippen LogP contribution in [-0.2, 0) is 16.8 Å². The van der Waals surface area contributed by atoms with E-state index in [1.54, 1.807) is 0 Å². The minimum Gasteiger partial charge on any atom is -0.726 e. The first-order valence-electron chi connectivity index (χ1n) is 9.18. The van der Waals surface area contributed by atoms with Crippen LogP contribution in [0, 0.1) is 0 Å². The van der Waals surface area contributed by atoms with Crippen molar-refractivity contribution in [1.29, 1.82) is 0 Å².